The number of benzene rings is 1. The number of nitriles is 2. The average molecular weight is 430 g/mol. The normalized spacial score (nSPS) is 27.8. The number of hydrogen-bond acceptors (Lipinski definition) is 3. The van der Waals surface area contributed by atoms with Crippen LogP contribution in [0.1, 0.15) is 31.2 Å². The number of rotatable bonds is 2. The lowest BCUT2D eigenvalue weighted by atomic mass is 9.67. The topological polar surface area (TPSA) is 56.8 Å². The van der Waals surface area contributed by atoms with Crippen LogP contribution < -0.4 is 4.74 Å². The van der Waals surface area contributed by atoms with E-state index in [2.05, 4.69) is 59.0 Å². The molecule has 4 heteroatoms. The van der Waals surface area contributed by atoms with Crippen LogP contribution in [0.4, 0.5) is 0 Å². The Labute approximate surface area is 156 Å². The minimum atomic E-state index is -1.03. The molecular weight excluding hydrogens is 411 g/mol. The second-order valence-corrected chi connectivity index (χ2v) is 8.16. The first-order chi connectivity index (χ1) is 11.6. The average Bonchev–Trinajstić information content (AvgIpc) is 2.78. The molecule has 3 nitrogen and oxygen atoms in total. The van der Waals surface area contributed by atoms with Gasteiger partial charge in [0.1, 0.15) is 5.75 Å². The van der Waals surface area contributed by atoms with E-state index in [1.165, 1.54) is 0 Å². The summed E-state index contributed by atoms with van der Waals surface area (Å²) in [6.07, 6.45) is 9.81. The van der Waals surface area contributed by atoms with Gasteiger partial charge in [0, 0.05) is 12.3 Å². The standard InChI is InChI=1S/C20H19IN2O/c1-24-16-7-4-6-15(12-16)20(21)11-5-10-19(13-22,14-23)17-8-2-3-9-18(17)20/h4-8,11-12,18H,2-3,9-10H2,1H3/t18-,20-/m1/s1. The fourth-order valence-corrected chi connectivity index (χ4v) is 5.07. The Balaban J connectivity index is 2.16. The molecule has 0 aromatic heterocycles. The summed E-state index contributed by atoms with van der Waals surface area (Å²) in [4.78, 5) is 0. The molecule has 0 radical (unpaired) electrons. The van der Waals surface area contributed by atoms with E-state index >= 15 is 0 Å². The molecule has 0 spiro atoms. The third-order valence-corrected chi connectivity index (χ3v) is 6.85. The van der Waals surface area contributed by atoms with Crippen LogP contribution in [0, 0.1) is 34.0 Å². The zero-order valence-corrected chi connectivity index (χ0v) is 15.8. The molecule has 1 aromatic carbocycles. The van der Waals surface area contributed by atoms with E-state index in [-0.39, 0.29) is 9.34 Å². The Morgan fingerprint density at radius 1 is 1.29 bits per heavy atom. The highest BCUT2D eigenvalue weighted by Gasteiger charge is 2.48. The van der Waals surface area contributed by atoms with Crippen molar-refractivity contribution >= 4 is 22.6 Å². The highest BCUT2D eigenvalue weighted by atomic mass is 127. The third kappa shape index (κ3) is 2.63. The van der Waals surface area contributed by atoms with Gasteiger partial charge in [-0.1, -0.05) is 53.0 Å². The minimum absolute atomic E-state index is 0.150. The summed E-state index contributed by atoms with van der Waals surface area (Å²) in [5, 5.41) is 19.5. The van der Waals surface area contributed by atoms with Crippen LogP contribution in [-0.2, 0) is 3.42 Å². The lowest BCUT2D eigenvalue weighted by Gasteiger charge is -2.39. The van der Waals surface area contributed by atoms with Gasteiger partial charge in [-0.2, -0.15) is 10.5 Å². The Morgan fingerprint density at radius 2 is 2.08 bits per heavy atom. The molecule has 1 aromatic rings. The Bertz CT molecular complexity index is 770. The number of hydrogen-bond donors (Lipinski definition) is 0. The van der Waals surface area contributed by atoms with Crippen LogP contribution in [-0.4, -0.2) is 7.11 Å². The summed E-state index contributed by atoms with van der Waals surface area (Å²) in [5.41, 5.74) is 1.12. The predicted octanol–water partition coefficient (Wildman–Crippen LogP) is 5.05. The molecule has 0 bridgehead atoms. The van der Waals surface area contributed by atoms with Gasteiger partial charge in [-0.15, -0.1) is 0 Å². The van der Waals surface area contributed by atoms with Crippen molar-refractivity contribution in [3.05, 3.63) is 53.6 Å². The molecule has 3 rings (SSSR count). The molecular formula is C20H19IN2O. The molecule has 2 aliphatic carbocycles. The van der Waals surface area contributed by atoms with E-state index in [0.29, 0.717) is 6.42 Å². The monoisotopic (exact) mass is 430 g/mol. The van der Waals surface area contributed by atoms with Gasteiger partial charge in [0.25, 0.3) is 0 Å². The van der Waals surface area contributed by atoms with Gasteiger partial charge in [-0.25, -0.2) is 0 Å². The number of allylic oxidation sites excluding steroid dienone is 4. The van der Waals surface area contributed by atoms with Gasteiger partial charge in [-0.3, -0.25) is 0 Å². The summed E-state index contributed by atoms with van der Waals surface area (Å²) in [5.74, 6) is 0.978. The predicted molar refractivity (Wildman–Crippen MR) is 102 cm³/mol. The van der Waals surface area contributed by atoms with E-state index < -0.39 is 5.41 Å². The smallest absolute Gasteiger partial charge is 0.168 e. The number of alkyl halides is 1. The van der Waals surface area contributed by atoms with Crippen molar-refractivity contribution in [2.24, 2.45) is 11.3 Å². The fraction of sp³-hybridized carbons (Fsp3) is 0.400. The summed E-state index contributed by atoms with van der Waals surface area (Å²) in [7, 11) is 1.67. The van der Waals surface area contributed by atoms with Crippen molar-refractivity contribution in [3.63, 3.8) is 0 Å². The van der Waals surface area contributed by atoms with Crippen LogP contribution in [0.3, 0.4) is 0 Å². The minimum Gasteiger partial charge on any atom is -0.497 e. The van der Waals surface area contributed by atoms with Gasteiger partial charge in [0.2, 0.25) is 0 Å². The molecule has 2 aliphatic rings. The van der Waals surface area contributed by atoms with Crippen LogP contribution in [0.2, 0.25) is 0 Å². The van der Waals surface area contributed by atoms with Gasteiger partial charge in [0.15, 0.2) is 5.41 Å². The first-order valence-corrected chi connectivity index (χ1v) is 9.22. The molecule has 2 atom stereocenters. The van der Waals surface area contributed by atoms with Gasteiger partial charge in [-0.05, 0) is 42.5 Å². The second-order valence-electron chi connectivity index (χ2n) is 6.38. The molecule has 0 heterocycles. The lowest BCUT2D eigenvalue weighted by molar-refractivity contribution is 0.399. The molecule has 24 heavy (non-hydrogen) atoms. The van der Waals surface area contributed by atoms with Crippen molar-refractivity contribution in [3.8, 4) is 17.9 Å². The third-order valence-electron chi connectivity index (χ3n) is 5.11. The SMILES string of the molecule is COc1cccc([C@]2(I)C=CCC(C#N)(C#N)C3=CCCC[C@H]32)c1. The van der Waals surface area contributed by atoms with Crippen LogP contribution >= 0.6 is 22.6 Å². The van der Waals surface area contributed by atoms with Crippen molar-refractivity contribution in [1.29, 1.82) is 10.5 Å². The molecule has 122 valence electrons. The number of ether oxygens (including phenoxy) is 1. The van der Waals surface area contributed by atoms with Crippen LogP contribution in [0.5, 0.6) is 5.75 Å². The molecule has 0 fully saturated rings. The van der Waals surface area contributed by atoms with Gasteiger partial charge in [0.05, 0.1) is 22.7 Å². The molecule has 0 N–H and O–H groups in total. The molecule has 0 saturated carbocycles. The Hall–Kier alpha value is -1.79. The van der Waals surface area contributed by atoms with E-state index in [4.69, 9.17) is 4.74 Å². The Kier molecular flexibility index (Phi) is 4.69. The quantitative estimate of drug-likeness (QED) is 0.375. The molecule has 0 aliphatic heterocycles. The van der Waals surface area contributed by atoms with Crippen molar-refractivity contribution in [1.82, 2.24) is 0 Å². The molecule has 0 saturated heterocycles. The van der Waals surface area contributed by atoms with E-state index in [1.54, 1.807) is 7.11 Å². The largest absolute Gasteiger partial charge is 0.497 e. The summed E-state index contributed by atoms with van der Waals surface area (Å²) < 4.78 is 5.12. The van der Waals surface area contributed by atoms with Crippen molar-refractivity contribution in [2.75, 3.05) is 7.11 Å². The maximum absolute atomic E-state index is 9.76. The van der Waals surface area contributed by atoms with E-state index in [0.717, 1.165) is 36.1 Å². The summed E-state index contributed by atoms with van der Waals surface area (Å²) in [6.45, 7) is 0. The maximum Gasteiger partial charge on any atom is 0.168 e. The second kappa shape index (κ2) is 6.61. The Morgan fingerprint density at radius 3 is 2.79 bits per heavy atom. The van der Waals surface area contributed by atoms with Crippen LogP contribution in [0.15, 0.2) is 48.1 Å². The number of halogens is 1. The lowest BCUT2D eigenvalue weighted by Crippen LogP contribution is -2.34. The van der Waals surface area contributed by atoms with Crippen LogP contribution in [0.25, 0.3) is 0 Å². The number of fused-ring (bicyclic) bond motifs is 1. The maximum atomic E-state index is 9.76. The van der Waals surface area contributed by atoms with Crippen molar-refractivity contribution in [2.45, 2.75) is 29.1 Å². The van der Waals surface area contributed by atoms with Gasteiger partial charge >= 0.3 is 0 Å². The van der Waals surface area contributed by atoms with Gasteiger partial charge < -0.3 is 4.74 Å². The summed E-state index contributed by atoms with van der Waals surface area (Å²) >= 11 is 2.50. The van der Waals surface area contributed by atoms with E-state index in [1.807, 2.05) is 18.2 Å². The highest BCUT2D eigenvalue weighted by molar-refractivity contribution is 14.1. The number of nitrogens with zero attached hydrogens (tertiary/aromatic N) is 2. The first-order valence-electron chi connectivity index (χ1n) is 8.14. The summed E-state index contributed by atoms with van der Waals surface area (Å²) in [6, 6.07) is 12.7. The zero-order valence-electron chi connectivity index (χ0n) is 13.6. The first kappa shape index (κ1) is 17.0. The number of methoxy groups -OCH3 is 1. The highest BCUT2D eigenvalue weighted by Crippen LogP contribution is 2.55. The fourth-order valence-electron chi connectivity index (χ4n) is 3.83. The molecule has 0 amide bonds. The molecule has 0 unspecified atom stereocenters. The van der Waals surface area contributed by atoms with E-state index in [9.17, 15) is 10.5 Å². The zero-order chi connectivity index (χ0) is 17.2. The van der Waals surface area contributed by atoms with Crippen molar-refractivity contribution < 1.29 is 4.74 Å².